The summed E-state index contributed by atoms with van der Waals surface area (Å²) < 4.78 is 44.9. The highest BCUT2D eigenvalue weighted by molar-refractivity contribution is 6.15. The van der Waals surface area contributed by atoms with Crippen LogP contribution in [0.5, 0.6) is 5.75 Å². The number of carbonyl (C=O) groups is 1. The van der Waals surface area contributed by atoms with Crippen molar-refractivity contribution in [2.75, 3.05) is 5.32 Å². The number of nitrogens with zero attached hydrogens (tertiary/aromatic N) is 1. The van der Waals surface area contributed by atoms with Crippen LogP contribution in [0.2, 0.25) is 0 Å². The molecule has 0 spiro atoms. The van der Waals surface area contributed by atoms with E-state index in [1.165, 1.54) is 6.07 Å². The Hall–Kier alpha value is -2.87. The molecular weight excluding hydrogens is 409 g/mol. The molecule has 8 heteroatoms. The van der Waals surface area contributed by atoms with Crippen molar-refractivity contribution in [2.24, 2.45) is 4.99 Å². The number of aliphatic hydroxyl groups excluding tert-OH is 1. The van der Waals surface area contributed by atoms with E-state index < -0.39 is 23.6 Å². The number of aryl methyl sites for hydroxylation is 1. The molecule has 0 radical (unpaired) electrons. The number of fused-ring (bicyclic) bond motifs is 2. The fourth-order valence-corrected chi connectivity index (χ4v) is 4.07. The second-order valence-electron chi connectivity index (χ2n) is 8.38. The fraction of sp³-hybridized carbons (Fsp3) is 0.391. The van der Waals surface area contributed by atoms with Crippen molar-refractivity contribution in [1.82, 2.24) is 0 Å². The zero-order valence-corrected chi connectivity index (χ0v) is 17.2. The predicted octanol–water partition coefficient (Wildman–Crippen LogP) is 4.50. The number of anilines is 1. The Kier molecular flexibility index (Phi) is 5.29. The normalized spacial score (nSPS) is 19.5. The van der Waals surface area contributed by atoms with Crippen LogP contribution in [0.15, 0.2) is 41.4 Å². The van der Waals surface area contributed by atoms with Crippen LogP contribution in [-0.4, -0.2) is 28.6 Å². The van der Waals surface area contributed by atoms with Crippen LogP contribution in [0.25, 0.3) is 0 Å². The Balaban J connectivity index is 1.58. The molecule has 2 N–H and O–H groups in total. The predicted molar refractivity (Wildman–Crippen MR) is 110 cm³/mol. The molecule has 1 amide bonds. The van der Waals surface area contributed by atoms with E-state index in [1.807, 2.05) is 12.1 Å². The Morgan fingerprint density at radius 1 is 1.29 bits per heavy atom. The molecule has 1 aliphatic carbocycles. The van der Waals surface area contributed by atoms with Gasteiger partial charge in [0.1, 0.15) is 5.75 Å². The minimum absolute atomic E-state index is 0.0536. The lowest BCUT2D eigenvalue weighted by Gasteiger charge is -2.30. The molecule has 1 aliphatic heterocycles. The van der Waals surface area contributed by atoms with Crippen LogP contribution in [0.3, 0.4) is 0 Å². The molecule has 1 atom stereocenters. The van der Waals surface area contributed by atoms with Crippen LogP contribution in [0, 0.1) is 0 Å². The minimum Gasteiger partial charge on any atom is -0.466 e. The summed E-state index contributed by atoms with van der Waals surface area (Å²) in [6.45, 7) is 3.26. The van der Waals surface area contributed by atoms with Crippen LogP contribution in [0.4, 0.5) is 18.9 Å². The number of aliphatic imine (C=N–C) groups is 1. The first-order valence-corrected chi connectivity index (χ1v) is 10.1. The molecule has 0 bridgehead atoms. The average molecular weight is 432 g/mol. The summed E-state index contributed by atoms with van der Waals surface area (Å²) in [7, 11) is 0. The maximum absolute atomic E-state index is 13.1. The third-order valence-electron chi connectivity index (χ3n) is 5.45. The van der Waals surface area contributed by atoms with E-state index in [-0.39, 0.29) is 18.1 Å². The third kappa shape index (κ3) is 4.58. The standard InChI is InChI=1S/C23H23F3N2O3/c1-22(2)28-19(16-9-7-14(23(24,25)26)10-20(16)31-22)12-21(30)27-18-5-3-4-13-6-8-15(29)11-17(13)18/h3-5,7,9-10,15,29H,6,8,11-12H2,1-2H3,(H,27,30). The fourth-order valence-electron chi connectivity index (χ4n) is 4.07. The van der Waals surface area contributed by atoms with E-state index in [0.717, 1.165) is 29.7 Å². The number of hydrogen-bond acceptors (Lipinski definition) is 4. The summed E-state index contributed by atoms with van der Waals surface area (Å²) in [6, 6.07) is 8.82. The topological polar surface area (TPSA) is 70.9 Å². The molecule has 0 fully saturated rings. The lowest BCUT2D eigenvalue weighted by atomic mass is 9.88. The van der Waals surface area contributed by atoms with Gasteiger partial charge >= 0.3 is 6.18 Å². The van der Waals surface area contributed by atoms with Gasteiger partial charge in [-0.3, -0.25) is 4.79 Å². The molecule has 1 heterocycles. The van der Waals surface area contributed by atoms with Crippen molar-refractivity contribution >= 4 is 17.3 Å². The number of benzene rings is 2. The summed E-state index contributed by atoms with van der Waals surface area (Å²) in [4.78, 5) is 17.3. The Labute approximate surface area is 178 Å². The molecule has 0 saturated carbocycles. The smallest absolute Gasteiger partial charge is 0.416 e. The van der Waals surface area contributed by atoms with Gasteiger partial charge < -0.3 is 15.2 Å². The molecule has 31 heavy (non-hydrogen) atoms. The molecule has 0 saturated heterocycles. The second-order valence-corrected chi connectivity index (χ2v) is 8.38. The number of alkyl halides is 3. The van der Waals surface area contributed by atoms with E-state index in [9.17, 15) is 23.1 Å². The van der Waals surface area contributed by atoms with Gasteiger partial charge in [-0.25, -0.2) is 4.99 Å². The van der Waals surface area contributed by atoms with E-state index in [4.69, 9.17) is 4.74 Å². The van der Waals surface area contributed by atoms with Gasteiger partial charge in [-0.05, 0) is 62.1 Å². The molecule has 2 aromatic carbocycles. The number of hydrogen-bond donors (Lipinski definition) is 2. The Bertz CT molecular complexity index is 1060. The maximum Gasteiger partial charge on any atom is 0.416 e. The van der Waals surface area contributed by atoms with Crippen LogP contribution in [0.1, 0.15) is 48.9 Å². The summed E-state index contributed by atoms with van der Waals surface area (Å²) in [5, 5.41) is 12.9. The highest BCUT2D eigenvalue weighted by Gasteiger charge is 2.35. The number of ether oxygens (including phenoxy) is 1. The molecule has 164 valence electrons. The van der Waals surface area contributed by atoms with Gasteiger partial charge in [-0.1, -0.05) is 12.1 Å². The molecule has 1 unspecified atom stereocenters. The van der Waals surface area contributed by atoms with Crippen LogP contribution < -0.4 is 10.1 Å². The molecule has 2 aliphatic rings. The molecule has 5 nitrogen and oxygen atoms in total. The van der Waals surface area contributed by atoms with Crippen molar-refractivity contribution in [3.8, 4) is 5.75 Å². The minimum atomic E-state index is -4.49. The number of nitrogens with one attached hydrogen (secondary N) is 1. The summed E-state index contributed by atoms with van der Waals surface area (Å²) in [5.74, 6) is -0.284. The molecule has 0 aromatic heterocycles. The first-order chi connectivity index (χ1) is 14.5. The van der Waals surface area contributed by atoms with Gasteiger partial charge in [-0.15, -0.1) is 0 Å². The van der Waals surface area contributed by atoms with Crippen molar-refractivity contribution < 1.29 is 27.8 Å². The first kappa shape index (κ1) is 21.4. The van der Waals surface area contributed by atoms with Crippen molar-refractivity contribution in [3.05, 3.63) is 58.7 Å². The summed E-state index contributed by atoms with van der Waals surface area (Å²) >= 11 is 0. The zero-order chi connectivity index (χ0) is 22.4. The number of carbonyl (C=O) groups excluding carboxylic acids is 1. The third-order valence-corrected chi connectivity index (χ3v) is 5.45. The SMILES string of the molecule is CC1(C)N=C(CC(=O)Nc2cccc3c2CC(O)CC3)c2ccc(C(F)(F)F)cc2O1. The van der Waals surface area contributed by atoms with Crippen LogP contribution in [-0.2, 0) is 23.8 Å². The highest BCUT2D eigenvalue weighted by atomic mass is 19.4. The van der Waals surface area contributed by atoms with Crippen molar-refractivity contribution in [3.63, 3.8) is 0 Å². The lowest BCUT2D eigenvalue weighted by Crippen LogP contribution is -2.33. The van der Waals surface area contributed by atoms with Crippen molar-refractivity contribution in [2.45, 2.75) is 57.5 Å². The number of aliphatic hydroxyl groups is 1. The zero-order valence-electron chi connectivity index (χ0n) is 17.2. The van der Waals surface area contributed by atoms with Crippen molar-refractivity contribution in [1.29, 1.82) is 0 Å². The van der Waals surface area contributed by atoms with E-state index in [2.05, 4.69) is 10.3 Å². The van der Waals surface area contributed by atoms with Crippen LogP contribution >= 0.6 is 0 Å². The summed E-state index contributed by atoms with van der Waals surface area (Å²) in [5.41, 5.74) is 1.47. The van der Waals surface area contributed by atoms with Gasteiger partial charge in [0, 0.05) is 17.7 Å². The van der Waals surface area contributed by atoms with Gasteiger partial charge in [0.25, 0.3) is 0 Å². The van der Waals surface area contributed by atoms with E-state index in [0.29, 0.717) is 29.8 Å². The summed E-state index contributed by atoms with van der Waals surface area (Å²) in [6.07, 6.45) is -3.15. The second kappa shape index (κ2) is 7.67. The molecule has 4 rings (SSSR count). The van der Waals surface area contributed by atoms with Gasteiger partial charge in [0.05, 0.1) is 23.8 Å². The average Bonchev–Trinajstić information content (AvgIpc) is 2.66. The highest BCUT2D eigenvalue weighted by Crippen LogP contribution is 2.37. The van der Waals surface area contributed by atoms with E-state index in [1.54, 1.807) is 19.9 Å². The maximum atomic E-state index is 13.1. The first-order valence-electron chi connectivity index (χ1n) is 10.1. The molecule has 2 aromatic rings. The quantitative estimate of drug-likeness (QED) is 0.750. The van der Waals surface area contributed by atoms with E-state index >= 15 is 0 Å². The van der Waals surface area contributed by atoms with Gasteiger partial charge in [0.15, 0.2) is 5.72 Å². The Morgan fingerprint density at radius 2 is 2.06 bits per heavy atom. The number of amides is 1. The lowest BCUT2D eigenvalue weighted by molar-refractivity contribution is -0.137. The van der Waals surface area contributed by atoms with Gasteiger partial charge in [0.2, 0.25) is 5.91 Å². The number of rotatable bonds is 3. The largest absolute Gasteiger partial charge is 0.466 e. The molecular formula is C23H23F3N2O3. The monoisotopic (exact) mass is 432 g/mol. The van der Waals surface area contributed by atoms with Gasteiger partial charge in [-0.2, -0.15) is 13.2 Å². The Morgan fingerprint density at radius 3 is 2.81 bits per heavy atom. The number of halogens is 3.